The van der Waals surface area contributed by atoms with E-state index in [0.29, 0.717) is 5.92 Å². The molecule has 0 aliphatic rings. The van der Waals surface area contributed by atoms with Crippen LogP contribution in [0.2, 0.25) is 0 Å². The van der Waals surface area contributed by atoms with Gasteiger partial charge < -0.3 is 4.74 Å². The number of pyridine rings is 1. The van der Waals surface area contributed by atoms with E-state index in [4.69, 9.17) is 4.74 Å². The van der Waals surface area contributed by atoms with Crippen LogP contribution >= 0.6 is 0 Å². The summed E-state index contributed by atoms with van der Waals surface area (Å²) in [5.74, 6) is 1.31. The number of nitrogens with zero attached hydrogens (tertiary/aromatic N) is 1. The lowest BCUT2D eigenvalue weighted by molar-refractivity contribution is 0.309. The first-order chi connectivity index (χ1) is 10.7. The van der Waals surface area contributed by atoms with Crippen LogP contribution in [0.4, 0.5) is 0 Å². The molecule has 0 N–H and O–H groups in total. The summed E-state index contributed by atoms with van der Waals surface area (Å²) >= 11 is 0. The van der Waals surface area contributed by atoms with Gasteiger partial charge in [0.2, 0.25) is 0 Å². The minimum atomic E-state index is 0.355. The molecule has 2 heteroatoms. The highest BCUT2D eigenvalue weighted by molar-refractivity contribution is 5.34. The highest BCUT2D eigenvalue weighted by Crippen LogP contribution is 2.25. The molecule has 1 aromatic heterocycles. The van der Waals surface area contributed by atoms with Gasteiger partial charge in [0.15, 0.2) is 0 Å². The van der Waals surface area contributed by atoms with E-state index in [0.717, 1.165) is 38.0 Å². The fourth-order valence-corrected chi connectivity index (χ4v) is 2.48. The third-order valence-corrected chi connectivity index (χ3v) is 4.00. The summed E-state index contributed by atoms with van der Waals surface area (Å²) in [6.07, 6.45) is 6.48. The van der Waals surface area contributed by atoms with Crippen molar-refractivity contribution in [1.29, 1.82) is 0 Å². The number of rotatable bonds is 8. The number of aromatic nitrogens is 1. The molecule has 2 rings (SSSR count). The van der Waals surface area contributed by atoms with Gasteiger partial charge in [-0.25, -0.2) is 0 Å². The van der Waals surface area contributed by atoms with Crippen LogP contribution < -0.4 is 4.74 Å². The first kappa shape index (κ1) is 16.5. The SMILES string of the molecule is CCCCOc1ccc(C(C)c2ccc(CCC)nc2)cc1. The molecule has 118 valence electrons. The molecule has 0 radical (unpaired) electrons. The van der Waals surface area contributed by atoms with Gasteiger partial charge in [-0.2, -0.15) is 0 Å². The van der Waals surface area contributed by atoms with E-state index in [1.54, 1.807) is 0 Å². The first-order valence-electron chi connectivity index (χ1n) is 8.42. The monoisotopic (exact) mass is 297 g/mol. The molecule has 1 atom stereocenters. The van der Waals surface area contributed by atoms with Crippen LogP contribution in [0.3, 0.4) is 0 Å². The van der Waals surface area contributed by atoms with Crippen molar-refractivity contribution in [3.8, 4) is 5.75 Å². The molecule has 0 spiro atoms. The second-order valence-corrected chi connectivity index (χ2v) is 5.83. The second kappa shape index (κ2) is 8.57. The van der Waals surface area contributed by atoms with Crippen molar-refractivity contribution in [3.63, 3.8) is 0 Å². The van der Waals surface area contributed by atoms with E-state index >= 15 is 0 Å². The van der Waals surface area contributed by atoms with Gasteiger partial charge in [0.25, 0.3) is 0 Å². The average Bonchev–Trinajstić information content (AvgIpc) is 2.56. The molecule has 0 fully saturated rings. The summed E-state index contributed by atoms with van der Waals surface area (Å²) in [5, 5.41) is 0. The van der Waals surface area contributed by atoms with Crippen LogP contribution in [-0.2, 0) is 6.42 Å². The highest BCUT2D eigenvalue weighted by Gasteiger charge is 2.09. The maximum absolute atomic E-state index is 5.72. The van der Waals surface area contributed by atoms with Gasteiger partial charge in [-0.15, -0.1) is 0 Å². The zero-order valence-corrected chi connectivity index (χ0v) is 14.0. The summed E-state index contributed by atoms with van der Waals surface area (Å²) in [6.45, 7) is 7.38. The number of hydrogen-bond acceptors (Lipinski definition) is 2. The summed E-state index contributed by atoms with van der Waals surface area (Å²) in [5.41, 5.74) is 3.74. The van der Waals surface area contributed by atoms with Crippen molar-refractivity contribution in [2.45, 2.75) is 52.4 Å². The number of hydrogen-bond donors (Lipinski definition) is 0. The van der Waals surface area contributed by atoms with Crippen LogP contribution in [-0.4, -0.2) is 11.6 Å². The molecular weight excluding hydrogens is 270 g/mol. The summed E-state index contributed by atoms with van der Waals surface area (Å²) in [4.78, 5) is 4.56. The Morgan fingerprint density at radius 1 is 0.955 bits per heavy atom. The molecule has 0 aliphatic heterocycles. The Morgan fingerprint density at radius 2 is 1.68 bits per heavy atom. The smallest absolute Gasteiger partial charge is 0.119 e. The van der Waals surface area contributed by atoms with Crippen molar-refractivity contribution in [3.05, 3.63) is 59.4 Å². The average molecular weight is 297 g/mol. The highest BCUT2D eigenvalue weighted by atomic mass is 16.5. The van der Waals surface area contributed by atoms with Gasteiger partial charge in [0, 0.05) is 17.8 Å². The topological polar surface area (TPSA) is 22.1 Å². The predicted octanol–water partition coefficient (Wildman–Crippen LogP) is 5.36. The quantitative estimate of drug-likeness (QED) is 0.611. The molecule has 0 aliphatic carbocycles. The van der Waals surface area contributed by atoms with Crippen molar-refractivity contribution in [2.24, 2.45) is 0 Å². The van der Waals surface area contributed by atoms with Gasteiger partial charge in [0.05, 0.1) is 6.61 Å². The molecule has 1 unspecified atom stereocenters. The Hall–Kier alpha value is -1.83. The normalized spacial score (nSPS) is 12.1. The molecule has 0 amide bonds. The van der Waals surface area contributed by atoms with Crippen molar-refractivity contribution >= 4 is 0 Å². The van der Waals surface area contributed by atoms with Crippen LogP contribution in [0, 0.1) is 0 Å². The van der Waals surface area contributed by atoms with E-state index in [1.165, 1.54) is 16.8 Å². The van der Waals surface area contributed by atoms with E-state index in [-0.39, 0.29) is 0 Å². The molecule has 0 bridgehead atoms. The van der Waals surface area contributed by atoms with E-state index in [1.807, 2.05) is 6.20 Å². The molecular formula is C20H27NO. The van der Waals surface area contributed by atoms with Crippen LogP contribution in [0.15, 0.2) is 42.6 Å². The zero-order chi connectivity index (χ0) is 15.8. The van der Waals surface area contributed by atoms with Crippen molar-refractivity contribution < 1.29 is 4.74 Å². The lowest BCUT2D eigenvalue weighted by atomic mass is 9.94. The summed E-state index contributed by atoms with van der Waals surface area (Å²) < 4.78 is 5.72. The number of benzene rings is 1. The third-order valence-electron chi connectivity index (χ3n) is 4.00. The number of aryl methyl sites for hydroxylation is 1. The van der Waals surface area contributed by atoms with E-state index < -0.39 is 0 Å². The lowest BCUT2D eigenvalue weighted by Crippen LogP contribution is -2.00. The second-order valence-electron chi connectivity index (χ2n) is 5.83. The van der Waals surface area contributed by atoms with Gasteiger partial charge in [-0.3, -0.25) is 4.98 Å². The maximum Gasteiger partial charge on any atom is 0.119 e. The Morgan fingerprint density at radius 3 is 2.27 bits per heavy atom. The minimum Gasteiger partial charge on any atom is -0.494 e. The Labute approximate surface area is 134 Å². The molecule has 1 aromatic carbocycles. The largest absolute Gasteiger partial charge is 0.494 e. The Bertz CT molecular complexity index is 545. The van der Waals surface area contributed by atoms with Crippen LogP contribution in [0.1, 0.15) is 62.8 Å². The zero-order valence-electron chi connectivity index (χ0n) is 14.0. The molecule has 0 saturated heterocycles. The third kappa shape index (κ3) is 4.59. The summed E-state index contributed by atoms with van der Waals surface area (Å²) in [7, 11) is 0. The summed E-state index contributed by atoms with van der Waals surface area (Å²) in [6, 6.07) is 12.8. The molecule has 2 aromatic rings. The predicted molar refractivity (Wildman–Crippen MR) is 92.6 cm³/mol. The van der Waals surface area contributed by atoms with Gasteiger partial charge >= 0.3 is 0 Å². The lowest BCUT2D eigenvalue weighted by Gasteiger charge is -2.13. The van der Waals surface area contributed by atoms with Crippen molar-refractivity contribution in [1.82, 2.24) is 4.98 Å². The van der Waals surface area contributed by atoms with Crippen LogP contribution in [0.25, 0.3) is 0 Å². The van der Waals surface area contributed by atoms with Crippen molar-refractivity contribution in [2.75, 3.05) is 6.61 Å². The molecule has 0 saturated carbocycles. The minimum absolute atomic E-state index is 0.355. The fourth-order valence-electron chi connectivity index (χ4n) is 2.48. The van der Waals surface area contributed by atoms with Crippen LogP contribution in [0.5, 0.6) is 5.75 Å². The Kier molecular flexibility index (Phi) is 6.45. The van der Waals surface area contributed by atoms with Gasteiger partial charge in [-0.05, 0) is 42.2 Å². The van der Waals surface area contributed by atoms with E-state index in [2.05, 4.69) is 62.2 Å². The molecule has 22 heavy (non-hydrogen) atoms. The molecule has 1 heterocycles. The fraction of sp³-hybridized carbons (Fsp3) is 0.450. The van der Waals surface area contributed by atoms with Gasteiger partial charge in [0.1, 0.15) is 5.75 Å². The maximum atomic E-state index is 5.72. The van der Waals surface area contributed by atoms with Gasteiger partial charge in [-0.1, -0.05) is 51.8 Å². The number of ether oxygens (including phenoxy) is 1. The number of unbranched alkanes of at least 4 members (excludes halogenated alkanes) is 1. The Balaban J connectivity index is 2.00. The standard InChI is InChI=1S/C20H27NO/c1-4-6-14-22-20-12-9-17(10-13-20)16(3)18-8-11-19(7-5-2)21-15-18/h8-13,15-16H,4-7,14H2,1-3H3. The van der Waals surface area contributed by atoms with E-state index in [9.17, 15) is 0 Å². The first-order valence-corrected chi connectivity index (χ1v) is 8.42. The molecule has 2 nitrogen and oxygen atoms in total.